The summed E-state index contributed by atoms with van der Waals surface area (Å²) in [7, 11) is 0. The standard InChI is InChI=1S/C47H70N4O6/c1-29(2)45(52)55-42(38-11-7-9-25-48-38)34-17-13-32(14-18-34)36-21-23-40(50-27-36)43(56-46(53)30(3)4)35-19-15-33(16-20-35)37-22-24-41(51-28-37)44(57-47(54)31(5)6)39-12-8-10-26-49-39/h8,10,12-14,17-18,26,29-31,33,35-38,40-44,48,50-51H,7,9,11,15-16,19-25,27-28H2,1-6H3. The van der Waals surface area contributed by atoms with E-state index in [1.54, 1.807) is 6.20 Å². The molecule has 0 amide bonds. The van der Waals surface area contributed by atoms with Gasteiger partial charge in [-0.3, -0.25) is 19.4 Å². The minimum Gasteiger partial charge on any atom is -0.460 e. The lowest BCUT2D eigenvalue weighted by molar-refractivity contribution is -0.160. The Morgan fingerprint density at radius 2 is 1.21 bits per heavy atom. The summed E-state index contributed by atoms with van der Waals surface area (Å²) in [5, 5.41) is 11.2. The predicted octanol–water partition coefficient (Wildman–Crippen LogP) is 7.98. The molecule has 8 unspecified atom stereocenters. The second-order valence-corrected chi connectivity index (χ2v) is 18.4. The highest BCUT2D eigenvalue weighted by Crippen LogP contribution is 2.42. The van der Waals surface area contributed by atoms with Crippen LogP contribution in [-0.4, -0.2) is 66.8 Å². The van der Waals surface area contributed by atoms with E-state index in [1.807, 2.05) is 59.7 Å². The van der Waals surface area contributed by atoms with Gasteiger partial charge in [0.25, 0.3) is 0 Å². The van der Waals surface area contributed by atoms with Crippen LogP contribution in [0.15, 0.2) is 48.7 Å². The van der Waals surface area contributed by atoms with Gasteiger partial charge in [0.1, 0.15) is 12.2 Å². The van der Waals surface area contributed by atoms with Crippen molar-refractivity contribution in [3.8, 4) is 0 Å². The number of benzene rings is 1. The third kappa shape index (κ3) is 11.4. The van der Waals surface area contributed by atoms with E-state index in [4.69, 9.17) is 14.2 Å². The minimum atomic E-state index is -0.395. The van der Waals surface area contributed by atoms with Crippen molar-refractivity contribution in [3.63, 3.8) is 0 Å². The number of hydrogen-bond acceptors (Lipinski definition) is 10. The Balaban J connectivity index is 1.03. The molecule has 4 fully saturated rings. The number of hydrogen-bond donors (Lipinski definition) is 3. The molecule has 3 N–H and O–H groups in total. The molecule has 3 saturated heterocycles. The molecule has 10 nitrogen and oxygen atoms in total. The van der Waals surface area contributed by atoms with Crippen molar-refractivity contribution in [1.29, 1.82) is 0 Å². The van der Waals surface area contributed by atoms with Crippen LogP contribution in [0.3, 0.4) is 0 Å². The highest BCUT2D eigenvalue weighted by molar-refractivity contribution is 5.72. The maximum Gasteiger partial charge on any atom is 0.309 e. The zero-order valence-corrected chi connectivity index (χ0v) is 35.4. The molecule has 3 aliphatic heterocycles. The predicted molar refractivity (Wildman–Crippen MR) is 222 cm³/mol. The number of nitrogens with one attached hydrogen (secondary N) is 3. The molecule has 6 rings (SSSR count). The van der Waals surface area contributed by atoms with Gasteiger partial charge in [-0.05, 0) is 124 Å². The quantitative estimate of drug-likeness (QED) is 0.128. The molecular weight excluding hydrogens is 717 g/mol. The van der Waals surface area contributed by atoms with E-state index in [9.17, 15) is 14.4 Å². The van der Waals surface area contributed by atoms with Gasteiger partial charge in [-0.15, -0.1) is 0 Å². The monoisotopic (exact) mass is 787 g/mol. The first kappa shape index (κ1) is 43.2. The van der Waals surface area contributed by atoms with Crippen molar-refractivity contribution in [2.24, 2.45) is 35.5 Å². The topological polar surface area (TPSA) is 128 Å². The number of piperidine rings is 3. The third-order valence-electron chi connectivity index (χ3n) is 13.2. The van der Waals surface area contributed by atoms with Crippen LogP contribution in [0.1, 0.15) is 147 Å². The summed E-state index contributed by atoms with van der Waals surface area (Å²) in [6.07, 6.45) is 12.6. The zero-order valence-electron chi connectivity index (χ0n) is 35.4. The molecule has 0 radical (unpaired) electrons. The third-order valence-corrected chi connectivity index (χ3v) is 13.2. The number of ether oxygens (including phenoxy) is 3. The van der Waals surface area contributed by atoms with E-state index < -0.39 is 6.10 Å². The van der Waals surface area contributed by atoms with E-state index in [1.165, 1.54) is 5.56 Å². The summed E-state index contributed by atoms with van der Waals surface area (Å²) in [4.78, 5) is 43.0. The molecule has 1 saturated carbocycles. The Morgan fingerprint density at radius 3 is 1.77 bits per heavy atom. The summed E-state index contributed by atoms with van der Waals surface area (Å²) >= 11 is 0. The fourth-order valence-electron chi connectivity index (χ4n) is 9.62. The molecule has 1 aromatic heterocycles. The molecule has 0 spiro atoms. The van der Waals surface area contributed by atoms with Gasteiger partial charge in [0.05, 0.1) is 29.5 Å². The molecule has 0 bridgehead atoms. The first-order chi connectivity index (χ1) is 27.5. The van der Waals surface area contributed by atoms with Crippen molar-refractivity contribution >= 4 is 17.9 Å². The lowest BCUT2D eigenvalue weighted by atomic mass is 9.70. The molecule has 4 heterocycles. The lowest BCUT2D eigenvalue weighted by Gasteiger charge is -2.43. The smallest absolute Gasteiger partial charge is 0.309 e. The average Bonchev–Trinajstić information content (AvgIpc) is 3.24. The van der Waals surface area contributed by atoms with Crippen molar-refractivity contribution in [1.82, 2.24) is 20.9 Å². The zero-order chi connectivity index (χ0) is 40.5. The van der Waals surface area contributed by atoms with Crippen LogP contribution in [0.25, 0.3) is 0 Å². The number of esters is 3. The van der Waals surface area contributed by atoms with Crippen LogP contribution >= 0.6 is 0 Å². The normalized spacial score (nSPS) is 28.7. The van der Waals surface area contributed by atoms with Gasteiger partial charge >= 0.3 is 17.9 Å². The van der Waals surface area contributed by atoms with E-state index in [-0.39, 0.29) is 66.0 Å². The SMILES string of the molecule is CC(C)C(=O)OC(c1ccc(C2CCC(C(OC(=O)C(C)C)C3CCC(C4CCC(C(OC(=O)C(C)C)c5ccccn5)NC4)CC3)NC2)cc1)C1CCCCN1. The maximum absolute atomic E-state index is 13.1. The minimum absolute atomic E-state index is 0.0410. The van der Waals surface area contributed by atoms with Crippen molar-refractivity contribution in [2.75, 3.05) is 19.6 Å². The molecule has 8 atom stereocenters. The molecule has 314 valence electrons. The molecule has 1 aliphatic carbocycles. The van der Waals surface area contributed by atoms with Crippen LogP contribution in [0, 0.1) is 35.5 Å². The van der Waals surface area contributed by atoms with Crippen LogP contribution in [0.2, 0.25) is 0 Å². The summed E-state index contributed by atoms with van der Waals surface area (Å²) in [5.41, 5.74) is 3.14. The van der Waals surface area contributed by atoms with Crippen molar-refractivity contribution in [3.05, 3.63) is 65.5 Å². The Labute approximate surface area is 341 Å². The lowest BCUT2D eigenvalue weighted by Crippen LogP contribution is -2.51. The summed E-state index contributed by atoms with van der Waals surface area (Å²) in [6.45, 7) is 14.1. The fourth-order valence-corrected chi connectivity index (χ4v) is 9.62. The maximum atomic E-state index is 13.1. The number of pyridine rings is 1. The first-order valence-electron chi connectivity index (χ1n) is 22.3. The van der Waals surface area contributed by atoms with Gasteiger partial charge in [-0.2, -0.15) is 0 Å². The Bertz CT molecular complexity index is 1550. The summed E-state index contributed by atoms with van der Waals surface area (Å²) in [5.74, 6) is 0.915. The van der Waals surface area contributed by atoms with Crippen LogP contribution in [0.4, 0.5) is 0 Å². The molecule has 10 heteroatoms. The molecule has 57 heavy (non-hydrogen) atoms. The van der Waals surface area contributed by atoms with E-state index in [2.05, 4.69) is 45.2 Å². The van der Waals surface area contributed by atoms with Gasteiger partial charge in [0, 0.05) is 24.8 Å². The number of carbonyl (C=O) groups is 3. The van der Waals surface area contributed by atoms with Crippen LogP contribution in [0.5, 0.6) is 0 Å². The second kappa shape index (κ2) is 20.6. The molecule has 1 aromatic carbocycles. The van der Waals surface area contributed by atoms with Gasteiger partial charge in [0.15, 0.2) is 6.10 Å². The fraction of sp³-hybridized carbons (Fsp3) is 0.702. The second-order valence-electron chi connectivity index (χ2n) is 18.4. The number of rotatable bonds is 14. The molecular formula is C47H70N4O6. The van der Waals surface area contributed by atoms with Crippen molar-refractivity contribution < 1.29 is 28.6 Å². The van der Waals surface area contributed by atoms with Crippen LogP contribution < -0.4 is 16.0 Å². The van der Waals surface area contributed by atoms with Gasteiger partial charge < -0.3 is 30.2 Å². The van der Waals surface area contributed by atoms with E-state index in [0.717, 1.165) is 102 Å². The highest BCUT2D eigenvalue weighted by Gasteiger charge is 2.41. The largest absolute Gasteiger partial charge is 0.460 e. The van der Waals surface area contributed by atoms with E-state index in [0.29, 0.717) is 23.7 Å². The van der Waals surface area contributed by atoms with Gasteiger partial charge in [-0.1, -0.05) is 78.3 Å². The summed E-state index contributed by atoms with van der Waals surface area (Å²) in [6, 6.07) is 14.9. The Kier molecular flexibility index (Phi) is 15.6. The number of aromatic nitrogens is 1. The highest BCUT2D eigenvalue weighted by atomic mass is 16.6. The first-order valence-corrected chi connectivity index (χ1v) is 22.3. The Hall–Kier alpha value is -3.34. The number of carbonyl (C=O) groups excluding carboxylic acids is 3. The number of nitrogens with zero attached hydrogens (tertiary/aromatic N) is 1. The van der Waals surface area contributed by atoms with E-state index >= 15 is 0 Å². The van der Waals surface area contributed by atoms with Crippen molar-refractivity contribution in [2.45, 2.75) is 155 Å². The summed E-state index contributed by atoms with van der Waals surface area (Å²) < 4.78 is 18.5. The van der Waals surface area contributed by atoms with Gasteiger partial charge in [-0.25, -0.2) is 0 Å². The van der Waals surface area contributed by atoms with Crippen LogP contribution in [-0.2, 0) is 28.6 Å². The average molecular weight is 787 g/mol. The van der Waals surface area contributed by atoms with Gasteiger partial charge in [0.2, 0.25) is 0 Å². The molecule has 2 aromatic rings. The Morgan fingerprint density at radius 1 is 0.596 bits per heavy atom. The molecule has 4 aliphatic rings.